The van der Waals surface area contributed by atoms with E-state index in [4.69, 9.17) is 9.94 Å². The van der Waals surface area contributed by atoms with Crippen molar-refractivity contribution in [3.63, 3.8) is 0 Å². The van der Waals surface area contributed by atoms with Gasteiger partial charge in [0.05, 0.1) is 18.5 Å². The van der Waals surface area contributed by atoms with Crippen LogP contribution in [0.3, 0.4) is 0 Å². The molecule has 3 aromatic carbocycles. The summed E-state index contributed by atoms with van der Waals surface area (Å²) in [6.07, 6.45) is 1.06. The van der Waals surface area contributed by atoms with Crippen molar-refractivity contribution in [2.24, 2.45) is 0 Å². The highest BCUT2D eigenvalue weighted by Crippen LogP contribution is 2.26. The molecule has 0 heterocycles. The van der Waals surface area contributed by atoms with Crippen LogP contribution in [0.15, 0.2) is 78.9 Å². The molecule has 0 aliphatic heterocycles. The highest BCUT2D eigenvalue weighted by molar-refractivity contribution is 7.92. The Kier molecular flexibility index (Phi) is 8.05. The molecule has 0 bridgehead atoms. The summed E-state index contributed by atoms with van der Waals surface area (Å²) in [5.41, 5.74) is 4.00. The zero-order valence-corrected chi connectivity index (χ0v) is 19.2. The van der Waals surface area contributed by atoms with Crippen molar-refractivity contribution < 1.29 is 23.2 Å². The smallest absolute Gasteiger partial charge is 0.262 e. The molecule has 3 rings (SSSR count). The van der Waals surface area contributed by atoms with Crippen LogP contribution in [0.2, 0.25) is 0 Å². The number of ether oxygens (including phenoxy) is 1. The number of carbonyl (C=O) groups excluding carboxylic acids is 1. The second-order valence-electron chi connectivity index (χ2n) is 7.60. The van der Waals surface area contributed by atoms with Gasteiger partial charge in [0, 0.05) is 6.54 Å². The molecule has 3 aromatic rings. The number of nitrogens with zero attached hydrogens (tertiary/aromatic N) is 1. The van der Waals surface area contributed by atoms with Crippen molar-refractivity contribution in [2.75, 3.05) is 17.1 Å². The third-order valence-corrected chi connectivity index (χ3v) is 6.11. The fraction of sp³-hybridized carbons (Fsp3) is 0.208. The number of carbonyl (C=O) groups is 1. The first-order valence-electron chi connectivity index (χ1n) is 10.3. The maximum absolute atomic E-state index is 12.5. The van der Waals surface area contributed by atoms with Crippen LogP contribution in [0, 0.1) is 6.92 Å². The lowest BCUT2D eigenvalue weighted by atomic mass is 10.2. The van der Waals surface area contributed by atoms with E-state index in [1.54, 1.807) is 29.7 Å². The van der Waals surface area contributed by atoms with E-state index in [0.29, 0.717) is 23.7 Å². The number of hydrogen-bond acceptors (Lipinski definition) is 6. The molecule has 0 radical (unpaired) electrons. The largest absolute Gasteiger partial charge is 0.457 e. The summed E-state index contributed by atoms with van der Waals surface area (Å²) in [6, 6.07) is 22.5. The number of hydroxylamine groups is 1. The van der Waals surface area contributed by atoms with Crippen molar-refractivity contribution in [1.29, 1.82) is 0 Å². The normalized spacial score (nSPS) is 12.1. The van der Waals surface area contributed by atoms with Crippen LogP contribution in [0.5, 0.6) is 11.5 Å². The van der Waals surface area contributed by atoms with Gasteiger partial charge in [-0.2, -0.15) is 0 Å². The minimum Gasteiger partial charge on any atom is -0.457 e. The molecule has 1 amide bonds. The predicted molar refractivity (Wildman–Crippen MR) is 127 cm³/mol. The summed E-state index contributed by atoms with van der Waals surface area (Å²) in [5.74, 6) is 0.472. The lowest BCUT2D eigenvalue weighted by Crippen LogP contribution is -2.51. The fourth-order valence-electron chi connectivity index (χ4n) is 3.18. The van der Waals surface area contributed by atoms with Gasteiger partial charge in [-0.1, -0.05) is 48.0 Å². The summed E-state index contributed by atoms with van der Waals surface area (Å²) < 4.78 is 32.0. The maximum atomic E-state index is 12.5. The molecular weight excluding hydrogens is 442 g/mol. The molecule has 33 heavy (non-hydrogen) atoms. The van der Waals surface area contributed by atoms with Crippen LogP contribution in [-0.2, 0) is 21.4 Å². The average Bonchev–Trinajstić information content (AvgIpc) is 2.81. The quantitative estimate of drug-likeness (QED) is 0.311. The Bertz CT molecular complexity index is 1150. The minimum absolute atomic E-state index is 0.212. The van der Waals surface area contributed by atoms with Gasteiger partial charge < -0.3 is 10.1 Å². The Morgan fingerprint density at radius 3 is 2.09 bits per heavy atom. The standard InChI is InChI=1S/C24H27N3O5S/c1-18-8-12-21(13-9-18)32-22-14-10-20(11-15-22)27(33(2,30)31)17-23(24(28)26-29)25-16-19-6-4-3-5-7-19/h3-15,23,25,29H,16-17H2,1-2H3,(H,26,28)/t23-/m1/s1. The molecule has 0 aliphatic rings. The van der Waals surface area contributed by atoms with E-state index in [0.717, 1.165) is 21.7 Å². The van der Waals surface area contributed by atoms with Gasteiger partial charge in [0.25, 0.3) is 5.91 Å². The second kappa shape index (κ2) is 11.0. The third kappa shape index (κ3) is 7.04. The highest BCUT2D eigenvalue weighted by atomic mass is 32.2. The molecule has 174 valence electrons. The van der Waals surface area contributed by atoms with E-state index in [-0.39, 0.29) is 6.54 Å². The Morgan fingerprint density at radius 1 is 0.970 bits per heavy atom. The minimum atomic E-state index is -3.72. The molecule has 0 saturated carbocycles. The van der Waals surface area contributed by atoms with E-state index in [2.05, 4.69) is 5.32 Å². The number of benzene rings is 3. The Morgan fingerprint density at radius 2 is 1.55 bits per heavy atom. The first kappa shape index (κ1) is 24.2. The lowest BCUT2D eigenvalue weighted by Gasteiger charge is -2.27. The van der Waals surface area contributed by atoms with Crippen molar-refractivity contribution in [3.05, 3.63) is 90.0 Å². The van der Waals surface area contributed by atoms with Crippen molar-refractivity contribution in [1.82, 2.24) is 10.8 Å². The number of aryl methyl sites for hydroxylation is 1. The van der Waals surface area contributed by atoms with Gasteiger partial charge in [0.2, 0.25) is 10.0 Å². The van der Waals surface area contributed by atoms with Crippen LogP contribution in [0.1, 0.15) is 11.1 Å². The SMILES string of the molecule is Cc1ccc(Oc2ccc(N(C[C@@H](NCc3ccccc3)C(=O)NO)S(C)(=O)=O)cc2)cc1. The molecule has 0 aliphatic carbocycles. The van der Waals surface area contributed by atoms with Crippen molar-refractivity contribution in [3.8, 4) is 11.5 Å². The van der Waals surface area contributed by atoms with Gasteiger partial charge in [0.1, 0.15) is 17.5 Å². The second-order valence-corrected chi connectivity index (χ2v) is 9.51. The topological polar surface area (TPSA) is 108 Å². The van der Waals surface area contributed by atoms with Gasteiger partial charge in [-0.05, 0) is 48.9 Å². The third-order valence-electron chi connectivity index (χ3n) is 4.95. The molecule has 8 nitrogen and oxygen atoms in total. The van der Waals surface area contributed by atoms with Crippen LogP contribution in [-0.4, -0.2) is 38.4 Å². The van der Waals surface area contributed by atoms with E-state index in [9.17, 15) is 13.2 Å². The number of amides is 1. The molecule has 0 saturated heterocycles. The monoisotopic (exact) mass is 469 g/mol. The number of rotatable bonds is 10. The van der Waals surface area contributed by atoms with E-state index in [1.807, 2.05) is 61.5 Å². The Hall–Kier alpha value is -3.40. The number of hydrogen-bond donors (Lipinski definition) is 3. The summed E-state index contributed by atoms with van der Waals surface area (Å²) in [7, 11) is -3.72. The molecule has 0 aromatic heterocycles. The fourth-order valence-corrected chi connectivity index (χ4v) is 4.10. The molecule has 3 N–H and O–H groups in total. The molecule has 0 unspecified atom stereocenters. The Labute approximate surface area is 193 Å². The van der Waals surface area contributed by atoms with Crippen molar-refractivity contribution >= 4 is 21.6 Å². The van der Waals surface area contributed by atoms with E-state index in [1.165, 1.54) is 0 Å². The predicted octanol–water partition coefficient (Wildman–Crippen LogP) is 3.22. The van der Waals surface area contributed by atoms with Crippen LogP contribution >= 0.6 is 0 Å². The summed E-state index contributed by atoms with van der Waals surface area (Å²) >= 11 is 0. The van der Waals surface area contributed by atoms with Crippen molar-refractivity contribution in [2.45, 2.75) is 19.5 Å². The van der Waals surface area contributed by atoms with E-state index >= 15 is 0 Å². The van der Waals surface area contributed by atoms with Gasteiger partial charge in [0.15, 0.2) is 0 Å². The molecule has 1 atom stereocenters. The summed E-state index contributed by atoms with van der Waals surface area (Å²) in [6.45, 7) is 2.09. The summed E-state index contributed by atoms with van der Waals surface area (Å²) in [5, 5.41) is 12.2. The van der Waals surface area contributed by atoms with E-state index < -0.39 is 22.0 Å². The van der Waals surface area contributed by atoms with Crippen LogP contribution < -0.4 is 19.8 Å². The molecule has 0 spiro atoms. The Balaban J connectivity index is 1.77. The van der Waals surface area contributed by atoms with Gasteiger partial charge in [-0.25, -0.2) is 13.9 Å². The van der Waals surface area contributed by atoms with Gasteiger partial charge in [-0.15, -0.1) is 0 Å². The zero-order valence-electron chi connectivity index (χ0n) is 18.4. The maximum Gasteiger partial charge on any atom is 0.262 e. The lowest BCUT2D eigenvalue weighted by molar-refractivity contribution is -0.131. The van der Waals surface area contributed by atoms with Gasteiger partial charge >= 0.3 is 0 Å². The molecule has 9 heteroatoms. The number of nitrogens with one attached hydrogen (secondary N) is 2. The highest BCUT2D eigenvalue weighted by Gasteiger charge is 2.26. The summed E-state index contributed by atoms with van der Waals surface area (Å²) in [4.78, 5) is 12.2. The van der Waals surface area contributed by atoms with Crippen LogP contribution in [0.25, 0.3) is 0 Å². The average molecular weight is 470 g/mol. The number of anilines is 1. The first-order valence-corrected chi connectivity index (χ1v) is 12.1. The zero-order chi connectivity index (χ0) is 23.8. The first-order chi connectivity index (χ1) is 15.8. The molecular formula is C24H27N3O5S. The van der Waals surface area contributed by atoms with Gasteiger partial charge in [-0.3, -0.25) is 14.3 Å². The number of sulfonamides is 1. The molecule has 0 fully saturated rings. The van der Waals surface area contributed by atoms with Crippen LogP contribution in [0.4, 0.5) is 5.69 Å².